The Morgan fingerprint density at radius 1 is 0.778 bits per heavy atom. The van der Waals surface area contributed by atoms with E-state index < -0.39 is 16.6 Å². The smallest absolute Gasteiger partial charge is 0.302 e. The third-order valence-electron chi connectivity index (χ3n) is 15.7. The van der Waals surface area contributed by atoms with Crippen LogP contribution in [0.15, 0.2) is 0 Å². The number of hydrogen-bond donors (Lipinski definition) is 1. The van der Waals surface area contributed by atoms with Crippen molar-refractivity contribution in [1.82, 2.24) is 0 Å². The summed E-state index contributed by atoms with van der Waals surface area (Å²) in [5.74, 6) is -0.575. The normalized spacial score (nSPS) is 51.2. The van der Waals surface area contributed by atoms with Gasteiger partial charge < -0.3 is 24.1 Å². The molecule has 8 nitrogen and oxygen atoms in total. The van der Waals surface area contributed by atoms with E-state index in [1.54, 1.807) is 0 Å². The van der Waals surface area contributed by atoms with Crippen LogP contribution in [0, 0.1) is 44.3 Å². The number of carbonyl (C=O) groups excluding carboxylic acids is 3. The van der Waals surface area contributed by atoms with E-state index in [1.165, 1.54) is 20.8 Å². The Morgan fingerprint density at radius 3 is 1.93 bits per heavy atom. The molecule has 8 heteroatoms. The molecule has 0 aromatic carbocycles. The predicted octanol–water partition coefficient (Wildman–Crippen LogP) is 6.54. The number of carbonyl (C=O) groups is 3. The SMILES string of the molecule is CC(=O)OC1CC2(C)C3CC(OC(C)=O)C4(C)C(C)(C)C(OC(C)=O)CCC45CC35CCC2(C)C1C1(C)CCC(C(C)(C)O)O1. The number of rotatable bonds is 5. The second-order valence-corrected chi connectivity index (χ2v) is 18.1. The van der Waals surface area contributed by atoms with E-state index in [4.69, 9.17) is 18.9 Å². The molecule has 0 aromatic heterocycles. The molecule has 6 fully saturated rings. The van der Waals surface area contributed by atoms with Gasteiger partial charge in [-0.1, -0.05) is 34.6 Å². The quantitative estimate of drug-likeness (QED) is 0.270. The summed E-state index contributed by atoms with van der Waals surface area (Å²) < 4.78 is 25.5. The highest BCUT2D eigenvalue weighted by atomic mass is 16.6. The second kappa shape index (κ2) is 9.70. The van der Waals surface area contributed by atoms with Gasteiger partial charge in [-0.05, 0) is 106 Å². The predicted molar refractivity (Wildman–Crippen MR) is 168 cm³/mol. The molecule has 2 spiro atoms. The molecule has 254 valence electrons. The number of esters is 3. The highest BCUT2D eigenvalue weighted by Crippen LogP contribution is 2.92. The molecular formula is C37H58O8. The van der Waals surface area contributed by atoms with Crippen molar-refractivity contribution in [2.45, 2.75) is 170 Å². The molecule has 1 N–H and O–H groups in total. The molecule has 6 aliphatic rings. The molecule has 0 amide bonds. The third kappa shape index (κ3) is 4.12. The lowest BCUT2D eigenvalue weighted by molar-refractivity contribution is -0.258. The second-order valence-electron chi connectivity index (χ2n) is 18.1. The summed E-state index contributed by atoms with van der Waals surface area (Å²) in [7, 11) is 0. The molecule has 12 unspecified atom stereocenters. The zero-order valence-electron chi connectivity index (χ0n) is 29.6. The molecule has 0 aromatic rings. The van der Waals surface area contributed by atoms with Crippen LogP contribution in [0.25, 0.3) is 0 Å². The fraction of sp³-hybridized carbons (Fsp3) is 0.919. The van der Waals surface area contributed by atoms with Crippen LogP contribution in [-0.4, -0.2) is 58.6 Å². The van der Waals surface area contributed by atoms with Gasteiger partial charge in [0.25, 0.3) is 0 Å². The molecule has 1 heterocycles. The molecule has 0 bridgehead atoms. The lowest BCUT2D eigenvalue weighted by atomic mass is 9.37. The first-order valence-electron chi connectivity index (χ1n) is 17.5. The summed E-state index contributed by atoms with van der Waals surface area (Å²) in [4.78, 5) is 37.7. The molecule has 45 heavy (non-hydrogen) atoms. The van der Waals surface area contributed by atoms with E-state index in [9.17, 15) is 19.5 Å². The van der Waals surface area contributed by atoms with Gasteiger partial charge in [0.2, 0.25) is 0 Å². The maximum Gasteiger partial charge on any atom is 0.302 e. The first-order valence-corrected chi connectivity index (χ1v) is 17.5. The highest BCUT2D eigenvalue weighted by molar-refractivity contribution is 5.67. The van der Waals surface area contributed by atoms with E-state index in [0.29, 0.717) is 0 Å². The van der Waals surface area contributed by atoms with Crippen molar-refractivity contribution < 1.29 is 38.4 Å². The Hall–Kier alpha value is -1.67. The van der Waals surface area contributed by atoms with Gasteiger partial charge in [0.15, 0.2) is 0 Å². The van der Waals surface area contributed by atoms with Gasteiger partial charge in [-0.2, -0.15) is 0 Å². The van der Waals surface area contributed by atoms with Crippen molar-refractivity contribution in [2.75, 3.05) is 0 Å². The van der Waals surface area contributed by atoms with Gasteiger partial charge in [-0.25, -0.2) is 0 Å². The van der Waals surface area contributed by atoms with Gasteiger partial charge in [0.05, 0.1) is 17.3 Å². The van der Waals surface area contributed by atoms with Crippen LogP contribution in [-0.2, 0) is 33.3 Å². The van der Waals surface area contributed by atoms with E-state index >= 15 is 0 Å². The van der Waals surface area contributed by atoms with Crippen LogP contribution in [0.3, 0.4) is 0 Å². The Bertz CT molecular complexity index is 1290. The fourth-order valence-electron chi connectivity index (χ4n) is 13.5. The summed E-state index contributed by atoms with van der Waals surface area (Å²) in [5, 5.41) is 10.9. The van der Waals surface area contributed by atoms with Crippen LogP contribution in [0.1, 0.15) is 134 Å². The summed E-state index contributed by atoms with van der Waals surface area (Å²) in [6, 6.07) is 0. The largest absolute Gasteiger partial charge is 0.462 e. The zero-order chi connectivity index (χ0) is 33.4. The first-order chi connectivity index (χ1) is 20.5. The van der Waals surface area contributed by atoms with Crippen LogP contribution in [0.2, 0.25) is 0 Å². The van der Waals surface area contributed by atoms with Crippen LogP contribution in [0.5, 0.6) is 0 Å². The number of ether oxygens (including phenoxy) is 4. The van der Waals surface area contributed by atoms with Crippen molar-refractivity contribution in [2.24, 2.45) is 44.3 Å². The Labute approximate surface area is 270 Å². The highest BCUT2D eigenvalue weighted by Gasteiger charge is 2.89. The Kier molecular flexibility index (Phi) is 7.17. The van der Waals surface area contributed by atoms with E-state index in [-0.39, 0.29) is 81.2 Å². The average Bonchev–Trinajstić information content (AvgIpc) is 3.27. The molecule has 1 saturated heterocycles. The van der Waals surface area contributed by atoms with Gasteiger partial charge in [0.1, 0.15) is 18.3 Å². The molecule has 5 aliphatic carbocycles. The monoisotopic (exact) mass is 630 g/mol. The average molecular weight is 631 g/mol. The van der Waals surface area contributed by atoms with Crippen molar-refractivity contribution in [1.29, 1.82) is 0 Å². The minimum Gasteiger partial charge on any atom is -0.462 e. The fourth-order valence-corrected chi connectivity index (χ4v) is 13.5. The van der Waals surface area contributed by atoms with Crippen LogP contribution in [0.4, 0.5) is 0 Å². The summed E-state index contributed by atoms with van der Waals surface area (Å²) in [6.07, 6.45) is 6.78. The third-order valence-corrected chi connectivity index (χ3v) is 15.7. The van der Waals surface area contributed by atoms with Crippen molar-refractivity contribution in [3.63, 3.8) is 0 Å². The van der Waals surface area contributed by atoms with Crippen molar-refractivity contribution in [3.8, 4) is 0 Å². The lowest BCUT2D eigenvalue weighted by Crippen LogP contribution is -2.67. The zero-order valence-corrected chi connectivity index (χ0v) is 29.6. The molecule has 0 radical (unpaired) electrons. The summed E-state index contributed by atoms with van der Waals surface area (Å²) in [5.41, 5.74) is -2.65. The lowest BCUT2D eigenvalue weighted by Gasteiger charge is -2.68. The first kappa shape index (κ1) is 33.2. The minimum atomic E-state index is -0.961. The molecule has 6 rings (SSSR count). The Balaban J connectivity index is 1.44. The van der Waals surface area contributed by atoms with Crippen LogP contribution < -0.4 is 0 Å². The molecule has 1 aliphatic heterocycles. The van der Waals surface area contributed by atoms with E-state index in [1.807, 2.05) is 13.8 Å². The van der Waals surface area contributed by atoms with Gasteiger partial charge >= 0.3 is 17.9 Å². The van der Waals surface area contributed by atoms with Gasteiger partial charge in [-0.15, -0.1) is 0 Å². The topological polar surface area (TPSA) is 108 Å². The van der Waals surface area contributed by atoms with Gasteiger partial charge in [0, 0.05) is 37.5 Å². The van der Waals surface area contributed by atoms with Crippen molar-refractivity contribution in [3.05, 3.63) is 0 Å². The standard InChI is InChI=1S/C37H58O8/c1-21(38)42-24-19-33(9)25-18-28(44-23(3)40)35(11)30(4,5)26(43-22(2)39)13-15-37(35)20-36(25,37)17-16-32(33,8)29(24)34(10)14-12-27(45-34)31(6,7)41/h24-29,41H,12-20H2,1-11H3. The number of hydrogen-bond acceptors (Lipinski definition) is 8. The number of fused-ring (bicyclic) bond motifs is 2. The molecule has 5 saturated carbocycles. The van der Waals surface area contributed by atoms with Crippen LogP contribution >= 0.6 is 0 Å². The molecule has 12 atom stereocenters. The van der Waals surface area contributed by atoms with E-state index in [0.717, 1.165) is 57.8 Å². The maximum absolute atomic E-state index is 12.8. The maximum atomic E-state index is 12.8. The Morgan fingerprint density at radius 2 is 1.38 bits per heavy atom. The minimum absolute atomic E-state index is 0.0325. The molecular weight excluding hydrogens is 572 g/mol. The van der Waals surface area contributed by atoms with Gasteiger partial charge in [-0.3, -0.25) is 14.4 Å². The van der Waals surface area contributed by atoms with Crippen molar-refractivity contribution >= 4 is 17.9 Å². The van der Waals surface area contributed by atoms with E-state index in [2.05, 4.69) is 41.5 Å². The number of aliphatic hydroxyl groups is 1. The summed E-state index contributed by atoms with van der Waals surface area (Å²) in [6.45, 7) is 21.9. The summed E-state index contributed by atoms with van der Waals surface area (Å²) >= 11 is 0.